The van der Waals surface area contributed by atoms with Gasteiger partial charge in [-0.2, -0.15) is 5.10 Å². The SMILES string of the molecule is Cc1cc2n(n1)C(C(C)(C)O)CN(C)C2. The van der Waals surface area contributed by atoms with E-state index in [1.807, 2.05) is 25.5 Å². The first-order valence-electron chi connectivity index (χ1n) is 5.34. The molecule has 1 aliphatic heterocycles. The van der Waals surface area contributed by atoms with Crippen molar-refractivity contribution >= 4 is 0 Å². The van der Waals surface area contributed by atoms with Crippen molar-refractivity contribution in [2.75, 3.05) is 13.6 Å². The van der Waals surface area contributed by atoms with Crippen LogP contribution in [0.1, 0.15) is 31.3 Å². The molecule has 4 heteroatoms. The molecule has 0 amide bonds. The minimum atomic E-state index is -0.734. The zero-order chi connectivity index (χ0) is 11.2. The summed E-state index contributed by atoms with van der Waals surface area (Å²) in [7, 11) is 2.07. The lowest BCUT2D eigenvalue weighted by molar-refractivity contribution is -0.00733. The van der Waals surface area contributed by atoms with Gasteiger partial charge in [-0.15, -0.1) is 0 Å². The van der Waals surface area contributed by atoms with Crippen molar-refractivity contribution in [1.29, 1.82) is 0 Å². The number of aliphatic hydroxyl groups is 1. The smallest absolute Gasteiger partial charge is 0.0930 e. The van der Waals surface area contributed by atoms with Gasteiger partial charge in [-0.25, -0.2) is 0 Å². The lowest BCUT2D eigenvalue weighted by Crippen LogP contribution is -2.45. The third kappa shape index (κ3) is 1.92. The summed E-state index contributed by atoms with van der Waals surface area (Å²) in [6.07, 6.45) is 0. The average molecular weight is 209 g/mol. The highest BCUT2D eigenvalue weighted by Crippen LogP contribution is 2.28. The van der Waals surface area contributed by atoms with E-state index in [1.165, 1.54) is 5.69 Å². The first kappa shape index (κ1) is 10.6. The lowest BCUT2D eigenvalue weighted by atomic mass is 9.97. The first-order chi connectivity index (χ1) is 6.88. The Morgan fingerprint density at radius 1 is 1.53 bits per heavy atom. The van der Waals surface area contributed by atoms with Gasteiger partial charge >= 0.3 is 0 Å². The fraction of sp³-hybridized carbons (Fsp3) is 0.727. The van der Waals surface area contributed by atoms with Gasteiger partial charge in [-0.05, 0) is 33.9 Å². The number of hydrogen-bond acceptors (Lipinski definition) is 3. The minimum absolute atomic E-state index is 0.0416. The molecule has 2 heterocycles. The minimum Gasteiger partial charge on any atom is -0.388 e. The van der Waals surface area contributed by atoms with Crippen molar-refractivity contribution in [2.45, 2.75) is 39.0 Å². The number of rotatable bonds is 1. The standard InChI is InChI=1S/C11H19N3O/c1-8-5-9-6-13(4)7-10(11(2,3)15)14(9)12-8/h5,10,15H,6-7H2,1-4H3. The third-order valence-electron chi connectivity index (χ3n) is 2.96. The van der Waals surface area contributed by atoms with E-state index in [0.29, 0.717) is 0 Å². The number of hydrogen-bond donors (Lipinski definition) is 1. The first-order valence-corrected chi connectivity index (χ1v) is 5.34. The van der Waals surface area contributed by atoms with Gasteiger partial charge in [0.1, 0.15) is 0 Å². The molecule has 0 saturated heterocycles. The summed E-state index contributed by atoms with van der Waals surface area (Å²) in [5, 5.41) is 14.6. The topological polar surface area (TPSA) is 41.3 Å². The van der Waals surface area contributed by atoms with Gasteiger partial charge in [-0.3, -0.25) is 9.58 Å². The largest absolute Gasteiger partial charge is 0.388 e. The van der Waals surface area contributed by atoms with E-state index in [-0.39, 0.29) is 6.04 Å². The molecule has 1 unspecified atom stereocenters. The number of nitrogens with zero attached hydrogens (tertiary/aromatic N) is 3. The molecular weight excluding hydrogens is 190 g/mol. The molecule has 0 spiro atoms. The van der Waals surface area contributed by atoms with E-state index < -0.39 is 5.60 Å². The van der Waals surface area contributed by atoms with E-state index >= 15 is 0 Å². The summed E-state index contributed by atoms with van der Waals surface area (Å²) in [5.41, 5.74) is 1.48. The molecule has 2 rings (SSSR count). The molecule has 4 nitrogen and oxygen atoms in total. The highest BCUT2D eigenvalue weighted by molar-refractivity contribution is 5.13. The van der Waals surface area contributed by atoms with Crippen LogP contribution in [0.4, 0.5) is 0 Å². The molecule has 1 aromatic rings. The van der Waals surface area contributed by atoms with Crippen LogP contribution in [0, 0.1) is 6.92 Å². The normalized spacial score (nSPS) is 22.9. The third-order valence-corrected chi connectivity index (χ3v) is 2.96. The van der Waals surface area contributed by atoms with Gasteiger partial charge in [0.2, 0.25) is 0 Å². The second-order valence-corrected chi connectivity index (χ2v) is 5.09. The van der Waals surface area contributed by atoms with Crippen LogP contribution < -0.4 is 0 Å². The number of likely N-dealkylation sites (N-methyl/N-ethyl adjacent to an activating group) is 1. The van der Waals surface area contributed by atoms with Gasteiger partial charge in [-0.1, -0.05) is 0 Å². The summed E-state index contributed by atoms with van der Waals surface area (Å²) in [6, 6.07) is 2.13. The molecule has 84 valence electrons. The van der Waals surface area contributed by atoms with Crippen LogP contribution in [0.2, 0.25) is 0 Å². The summed E-state index contributed by atoms with van der Waals surface area (Å²) in [4.78, 5) is 2.22. The summed E-state index contributed by atoms with van der Waals surface area (Å²) in [5.74, 6) is 0. The van der Waals surface area contributed by atoms with Gasteiger partial charge < -0.3 is 5.11 Å². The molecule has 1 aromatic heterocycles. The predicted octanol–water partition coefficient (Wildman–Crippen LogP) is 0.949. The Morgan fingerprint density at radius 2 is 2.20 bits per heavy atom. The maximum atomic E-state index is 10.1. The molecule has 0 saturated carbocycles. The van der Waals surface area contributed by atoms with Crippen LogP contribution >= 0.6 is 0 Å². The van der Waals surface area contributed by atoms with E-state index in [9.17, 15) is 5.11 Å². The van der Waals surface area contributed by atoms with Crippen LogP contribution in [0.3, 0.4) is 0 Å². The van der Waals surface area contributed by atoms with Crippen molar-refractivity contribution in [3.05, 3.63) is 17.5 Å². The molecule has 0 fully saturated rings. The maximum Gasteiger partial charge on any atom is 0.0930 e. The fourth-order valence-corrected chi connectivity index (χ4v) is 2.19. The Kier molecular flexibility index (Phi) is 2.35. The second-order valence-electron chi connectivity index (χ2n) is 5.09. The predicted molar refractivity (Wildman–Crippen MR) is 58.6 cm³/mol. The lowest BCUT2D eigenvalue weighted by Gasteiger charge is -2.37. The second kappa shape index (κ2) is 3.32. The monoisotopic (exact) mass is 209 g/mol. The molecule has 1 atom stereocenters. The Labute approximate surface area is 90.5 Å². The summed E-state index contributed by atoms with van der Waals surface area (Å²) < 4.78 is 1.98. The van der Waals surface area contributed by atoms with Crippen molar-refractivity contribution in [3.63, 3.8) is 0 Å². The zero-order valence-electron chi connectivity index (χ0n) is 9.86. The van der Waals surface area contributed by atoms with E-state index in [4.69, 9.17) is 0 Å². The van der Waals surface area contributed by atoms with Crippen molar-refractivity contribution in [3.8, 4) is 0 Å². The van der Waals surface area contributed by atoms with Crippen molar-refractivity contribution in [2.24, 2.45) is 0 Å². The van der Waals surface area contributed by atoms with E-state index in [1.54, 1.807) is 0 Å². The fourth-order valence-electron chi connectivity index (χ4n) is 2.19. The van der Waals surface area contributed by atoms with Crippen LogP contribution in [-0.2, 0) is 6.54 Å². The number of aryl methyl sites for hydroxylation is 1. The number of fused-ring (bicyclic) bond motifs is 1. The van der Waals surface area contributed by atoms with E-state index in [2.05, 4.69) is 23.1 Å². The highest BCUT2D eigenvalue weighted by Gasteiger charge is 2.34. The zero-order valence-corrected chi connectivity index (χ0v) is 9.86. The van der Waals surface area contributed by atoms with Gasteiger partial charge in [0.25, 0.3) is 0 Å². The summed E-state index contributed by atoms with van der Waals surface area (Å²) in [6.45, 7) is 7.44. The molecule has 0 radical (unpaired) electrons. The Morgan fingerprint density at radius 3 is 2.80 bits per heavy atom. The maximum absolute atomic E-state index is 10.1. The Balaban J connectivity index is 2.42. The van der Waals surface area contributed by atoms with Crippen molar-refractivity contribution in [1.82, 2.24) is 14.7 Å². The molecule has 0 aliphatic carbocycles. The van der Waals surface area contributed by atoms with Crippen LogP contribution in [0.15, 0.2) is 6.07 Å². The summed E-state index contributed by atoms with van der Waals surface area (Å²) >= 11 is 0. The van der Waals surface area contributed by atoms with E-state index in [0.717, 1.165) is 18.8 Å². The van der Waals surface area contributed by atoms with Crippen LogP contribution in [-0.4, -0.2) is 39.0 Å². The quantitative estimate of drug-likeness (QED) is 0.748. The molecule has 1 aliphatic rings. The molecule has 1 N–H and O–H groups in total. The number of aromatic nitrogens is 2. The molecule has 15 heavy (non-hydrogen) atoms. The van der Waals surface area contributed by atoms with Gasteiger partial charge in [0, 0.05) is 13.1 Å². The van der Waals surface area contributed by atoms with Crippen LogP contribution in [0.25, 0.3) is 0 Å². The molecule has 0 aromatic carbocycles. The van der Waals surface area contributed by atoms with Gasteiger partial charge in [0.05, 0.1) is 23.0 Å². The van der Waals surface area contributed by atoms with Crippen LogP contribution in [0.5, 0.6) is 0 Å². The highest BCUT2D eigenvalue weighted by atomic mass is 16.3. The molecule has 0 bridgehead atoms. The van der Waals surface area contributed by atoms with Gasteiger partial charge in [0.15, 0.2) is 0 Å². The Hall–Kier alpha value is -0.870. The van der Waals surface area contributed by atoms with Crippen molar-refractivity contribution < 1.29 is 5.11 Å². The Bertz CT molecular complexity index is 364. The molecular formula is C11H19N3O. The average Bonchev–Trinajstić information content (AvgIpc) is 2.41.